The third kappa shape index (κ3) is 3.44. The number of aliphatic hydroxyl groups is 1. The van der Waals surface area contributed by atoms with Crippen molar-refractivity contribution in [1.29, 1.82) is 0 Å². The van der Waals surface area contributed by atoms with E-state index < -0.39 is 0 Å². The summed E-state index contributed by atoms with van der Waals surface area (Å²) in [5.41, 5.74) is 3.21. The fraction of sp³-hybridized carbons (Fsp3) is 0.143. The monoisotopic (exact) mass is 339 g/mol. The van der Waals surface area contributed by atoms with E-state index in [9.17, 15) is 5.11 Å². The van der Waals surface area contributed by atoms with Gasteiger partial charge < -0.3 is 10.4 Å². The van der Waals surface area contributed by atoms with Crippen molar-refractivity contribution >= 4 is 28.3 Å². The quantitative estimate of drug-likeness (QED) is 0.837. The largest absolute Gasteiger partial charge is 0.392 e. The number of rotatable bonds is 4. The molecule has 2 aromatic rings. The predicted molar refractivity (Wildman–Crippen MR) is 78.9 cm³/mol. The number of nitrogens with one attached hydrogen (secondary N) is 1. The first-order valence-electron chi connectivity index (χ1n) is 5.46. The van der Waals surface area contributed by atoms with Crippen LogP contribution >= 0.6 is 22.6 Å². The molecule has 0 bridgehead atoms. The van der Waals surface area contributed by atoms with Gasteiger partial charge in [0.25, 0.3) is 0 Å². The first-order valence-corrected chi connectivity index (χ1v) is 6.54. The molecule has 2 N–H and O–H groups in total. The third-order valence-corrected chi connectivity index (χ3v) is 3.34. The molecule has 0 amide bonds. The van der Waals surface area contributed by atoms with Gasteiger partial charge in [0.15, 0.2) is 0 Å². The van der Waals surface area contributed by atoms with Gasteiger partial charge in [-0.05, 0) is 58.0 Å². The van der Waals surface area contributed by atoms with Crippen molar-refractivity contribution in [2.75, 3.05) is 5.32 Å². The fourth-order valence-electron chi connectivity index (χ4n) is 1.65. The first kappa shape index (κ1) is 12.4. The Morgan fingerprint density at radius 2 is 1.59 bits per heavy atom. The van der Waals surface area contributed by atoms with Crippen LogP contribution in [0.15, 0.2) is 48.5 Å². The van der Waals surface area contributed by atoms with E-state index in [0.717, 1.165) is 23.4 Å². The number of anilines is 1. The molecule has 0 heterocycles. The number of benzene rings is 2. The molecule has 0 aliphatic carbocycles. The Kier molecular flexibility index (Phi) is 4.39. The molecule has 0 unspecified atom stereocenters. The Morgan fingerprint density at radius 1 is 0.941 bits per heavy atom. The normalized spacial score (nSPS) is 10.2. The van der Waals surface area contributed by atoms with Crippen molar-refractivity contribution in [3.63, 3.8) is 0 Å². The van der Waals surface area contributed by atoms with Gasteiger partial charge in [0, 0.05) is 15.8 Å². The van der Waals surface area contributed by atoms with Gasteiger partial charge in [0.2, 0.25) is 0 Å². The van der Waals surface area contributed by atoms with Crippen LogP contribution in [0, 0.1) is 3.57 Å². The maximum atomic E-state index is 9.22. The molecule has 88 valence electrons. The van der Waals surface area contributed by atoms with Crippen molar-refractivity contribution in [2.45, 2.75) is 13.2 Å². The summed E-state index contributed by atoms with van der Waals surface area (Å²) in [6, 6.07) is 16.2. The standard InChI is InChI=1S/C14H14INO/c15-13-5-7-14(8-6-13)16-9-11-3-1-2-4-12(11)10-17/h1-8,16-17H,9-10H2. The molecule has 0 aliphatic heterocycles. The Morgan fingerprint density at radius 3 is 2.24 bits per heavy atom. The van der Waals surface area contributed by atoms with Gasteiger partial charge in [-0.3, -0.25) is 0 Å². The van der Waals surface area contributed by atoms with Gasteiger partial charge in [-0.1, -0.05) is 24.3 Å². The number of aliphatic hydroxyl groups excluding tert-OH is 1. The third-order valence-electron chi connectivity index (χ3n) is 2.62. The summed E-state index contributed by atoms with van der Waals surface area (Å²) < 4.78 is 1.23. The highest BCUT2D eigenvalue weighted by Gasteiger charge is 2.00. The molecule has 2 aromatic carbocycles. The molecule has 0 atom stereocenters. The number of hydrogen-bond donors (Lipinski definition) is 2. The molecule has 0 aliphatic rings. The summed E-state index contributed by atoms with van der Waals surface area (Å²) in [6.07, 6.45) is 0. The molecule has 0 radical (unpaired) electrons. The lowest BCUT2D eigenvalue weighted by Gasteiger charge is -2.09. The van der Waals surface area contributed by atoms with Crippen molar-refractivity contribution < 1.29 is 5.11 Å². The van der Waals surface area contributed by atoms with Crippen molar-refractivity contribution in [2.24, 2.45) is 0 Å². The molecule has 0 saturated carbocycles. The highest BCUT2D eigenvalue weighted by molar-refractivity contribution is 14.1. The van der Waals surface area contributed by atoms with Crippen LogP contribution in [0.3, 0.4) is 0 Å². The van der Waals surface area contributed by atoms with Crippen molar-refractivity contribution in [3.05, 3.63) is 63.2 Å². The van der Waals surface area contributed by atoms with Crippen molar-refractivity contribution in [3.8, 4) is 0 Å². The van der Waals surface area contributed by atoms with Crippen LogP contribution in [0.1, 0.15) is 11.1 Å². The maximum Gasteiger partial charge on any atom is 0.0685 e. The highest BCUT2D eigenvalue weighted by atomic mass is 127. The zero-order valence-electron chi connectivity index (χ0n) is 9.36. The van der Waals surface area contributed by atoms with E-state index in [-0.39, 0.29) is 6.61 Å². The summed E-state index contributed by atoms with van der Waals surface area (Å²) in [4.78, 5) is 0. The van der Waals surface area contributed by atoms with E-state index in [1.807, 2.05) is 24.3 Å². The summed E-state index contributed by atoms with van der Waals surface area (Å²) in [5.74, 6) is 0. The van der Waals surface area contributed by atoms with Crippen LogP contribution in [0.4, 0.5) is 5.69 Å². The fourth-order valence-corrected chi connectivity index (χ4v) is 2.01. The average molecular weight is 339 g/mol. The first-order chi connectivity index (χ1) is 8.29. The zero-order chi connectivity index (χ0) is 12.1. The predicted octanol–water partition coefficient (Wildman–Crippen LogP) is 3.40. The van der Waals surface area contributed by atoms with Gasteiger partial charge in [-0.25, -0.2) is 0 Å². The lowest BCUT2D eigenvalue weighted by Crippen LogP contribution is -2.02. The minimum absolute atomic E-state index is 0.0878. The van der Waals surface area contributed by atoms with Crippen LogP contribution in [0.5, 0.6) is 0 Å². The lowest BCUT2D eigenvalue weighted by molar-refractivity contribution is 0.280. The molecular weight excluding hydrogens is 325 g/mol. The molecule has 3 heteroatoms. The molecular formula is C14H14INO. The van der Waals surface area contributed by atoms with E-state index >= 15 is 0 Å². The van der Waals surface area contributed by atoms with Crippen LogP contribution in [0.25, 0.3) is 0 Å². The molecule has 0 aromatic heterocycles. The smallest absolute Gasteiger partial charge is 0.0685 e. The van der Waals surface area contributed by atoms with E-state index in [4.69, 9.17) is 0 Å². The second-order valence-electron chi connectivity index (χ2n) is 3.79. The summed E-state index contributed by atoms with van der Waals surface area (Å²) >= 11 is 2.29. The van der Waals surface area contributed by atoms with Gasteiger partial charge >= 0.3 is 0 Å². The molecule has 2 rings (SSSR count). The van der Waals surface area contributed by atoms with Crippen LogP contribution in [0.2, 0.25) is 0 Å². The lowest BCUT2D eigenvalue weighted by atomic mass is 10.1. The Bertz CT molecular complexity index is 482. The summed E-state index contributed by atoms with van der Waals surface area (Å²) in [6.45, 7) is 0.821. The molecule has 17 heavy (non-hydrogen) atoms. The van der Waals surface area contributed by atoms with Gasteiger partial charge in [0.05, 0.1) is 6.61 Å². The highest BCUT2D eigenvalue weighted by Crippen LogP contribution is 2.14. The van der Waals surface area contributed by atoms with Crippen molar-refractivity contribution in [1.82, 2.24) is 0 Å². The van der Waals surface area contributed by atoms with Gasteiger partial charge in [0.1, 0.15) is 0 Å². The van der Waals surface area contributed by atoms with E-state index in [1.54, 1.807) is 0 Å². The topological polar surface area (TPSA) is 32.3 Å². The number of halogens is 1. The molecule has 0 saturated heterocycles. The van der Waals surface area contributed by atoms with Crippen LogP contribution in [-0.4, -0.2) is 5.11 Å². The Balaban J connectivity index is 2.04. The average Bonchev–Trinajstić information content (AvgIpc) is 2.38. The Labute approximate surface area is 115 Å². The number of hydrogen-bond acceptors (Lipinski definition) is 2. The Hall–Kier alpha value is -1.07. The van der Waals surface area contributed by atoms with Crippen LogP contribution in [-0.2, 0) is 13.2 Å². The van der Waals surface area contributed by atoms with E-state index in [1.165, 1.54) is 3.57 Å². The van der Waals surface area contributed by atoms with E-state index in [0.29, 0.717) is 0 Å². The minimum atomic E-state index is 0.0878. The van der Waals surface area contributed by atoms with E-state index in [2.05, 4.69) is 52.2 Å². The SMILES string of the molecule is OCc1ccccc1CNc1ccc(I)cc1. The van der Waals surface area contributed by atoms with Gasteiger partial charge in [-0.15, -0.1) is 0 Å². The minimum Gasteiger partial charge on any atom is -0.392 e. The summed E-state index contributed by atoms with van der Waals surface area (Å²) in [7, 11) is 0. The molecule has 2 nitrogen and oxygen atoms in total. The maximum absolute atomic E-state index is 9.22. The van der Waals surface area contributed by atoms with Crippen LogP contribution < -0.4 is 5.32 Å². The molecule has 0 fully saturated rings. The zero-order valence-corrected chi connectivity index (χ0v) is 11.5. The summed E-state index contributed by atoms with van der Waals surface area (Å²) in [5, 5.41) is 12.6. The molecule has 0 spiro atoms. The second kappa shape index (κ2) is 6.02. The second-order valence-corrected chi connectivity index (χ2v) is 5.03. The van der Waals surface area contributed by atoms with Gasteiger partial charge in [-0.2, -0.15) is 0 Å².